The summed E-state index contributed by atoms with van der Waals surface area (Å²) in [5.41, 5.74) is 1.69. The van der Waals surface area contributed by atoms with Gasteiger partial charge in [0.2, 0.25) is 0 Å². The van der Waals surface area contributed by atoms with Gasteiger partial charge in [-0.25, -0.2) is 14.7 Å². The first-order chi connectivity index (χ1) is 12.4. The van der Waals surface area contributed by atoms with Crippen molar-refractivity contribution in [1.29, 1.82) is 0 Å². The van der Waals surface area contributed by atoms with Crippen LogP contribution in [0.5, 0.6) is 0 Å². The maximum absolute atomic E-state index is 13.0. The summed E-state index contributed by atoms with van der Waals surface area (Å²) in [7, 11) is 1.91. The Morgan fingerprint density at radius 2 is 1.65 bits per heavy atom. The molecule has 0 aliphatic carbocycles. The van der Waals surface area contributed by atoms with E-state index in [4.69, 9.17) is 4.98 Å². The SMILES string of the molecule is Cn1c(C(c2ccccc2)N2C(=O)NC(C)(C)C2=O)nc2ccccc21. The Hall–Kier alpha value is -3.15. The quantitative estimate of drug-likeness (QED) is 0.740. The molecule has 1 fully saturated rings. The van der Waals surface area contributed by atoms with Crippen molar-refractivity contribution in [2.24, 2.45) is 7.05 Å². The van der Waals surface area contributed by atoms with Crippen LogP contribution in [0.3, 0.4) is 0 Å². The molecule has 4 rings (SSSR count). The normalized spacial score (nSPS) is 17.6. The van der Waals surface area contributed by atoms with E-state index in [9.17, 15) is 9.59 Å². The average molecular weight is 348 g/mol. The van der Waals surface area contributed by atoms with Crippen LogP contribution in [-0.4, -0.2) is 31.9 Å². The summed E-state index contributed by atoms with van der Waals surface area (Å²) in [6.07, 6.45) is 0. The fourth-order valence-corrected chi connectivity index (χ4v) is 3.47. The monoisotopic (exact) mass is 348 g/mol. The zero-order chi connectivity index (χ0) is 18.5. The number of hydrogen-bond acceptors (Lipinski definition) is 3. The van der Waals surface area contributed by atoms with Gasteiger partial charge in [-0.05, 0) is 31.5 Å². The fourth-order valence-electron chi connectivity index (χ4n) is 3.47. The molecule has 2 aromatic carbocycles. The first kappa shape index (κ1) is 16.3. The molecule has 3 amide bonds. The second-order valence-electron chi connectivity index (χ2n) is 7.06. The first-order valence-electron chi connectivity index (χ1n) is 8.52. The smallest absolute Gasteiger partial charge is 0.325 e. The highest BCUT2D eigenvalue weighted by Crippen LogP contribution is 2.34. The van der Waals surface area contributed by atoms with Crippen molar-refractivity contribution in [1.82, 2.24) is 19.8 Å². The highest BCUT2D eigenvalue weighted by Gasteiger charge is 2.49. The van der Waals surface area contributed by atoms with E-state index in [1.165, 1.54) is 4.90 Å². The molecule has 1 saturated heterocycles. The maximum Gasteiger partial charge on any atom is 0.325 e. The van der Waals surface area contributed by atoms with Gasteiger partial charge < -0.3 is 9.88 Å². The van der Waals surface area contributed by atoms with Crippen LogP contribution in [0.4, 0.5) is 4.79 Å². The Morgan fingerprint density at radius 3 is 2.27 bits per heavy atom. The van der Waals surface area contributed by atoms with Gasteiger partial charge in [0.05, 0.1) is 11.0 Å². The lowest BCUT2D eigenvalue weighted by Gasteiger charge is -2.26. The predicted molar refractivity (Wildman–Crippen MR) is 98.5 cm³/mol. The maximum atomic E-state index is 13.0. The standard InChI is InChI=1S/C20H20N4O2/c1-20(2)18(25)24(19(26)22-20)16(13-9-5-4-6-10-13)17-21-14-11-7-8-12-15(14)23(17)3/h4-12,16H,1-3H3,(H,22,26). The van der Waals surface area contributed by atoms with E-state index >= 15 is 0 Å². The van der Waals surface area contributed by atoms with Crippen molar-refractivity contribution < 1.29 is 9.59 Å². The zero-order valence-corrected chi connectivity index (χ0v) is 14.9. The van der Waals surface area contributed by atoms with Gasteiger partial charge in [0.1, 0.15) is 17.4 Å². The zero-order valence-electron chi connectivity index (χ0n) is 14.9. The molecule has 0 saturated carbocycles. The van der Waals surface area contributed by atoms with E-state index in [-0.39, 0.29) is 5.91 Å². The Labute approximate surface area is 151 Å². The fraction of sp³-hybridized carbons (Fsp3) is 0.250. The Balaban J connectivity index is 1.94. The van der Waals surface area contributed by atoms with Crippen LogP contribution >= 0.6 is 0 Å². The van der Waals surface area contributed by atoms with Gasteiger partial charge >= 0.3 is 6.03 Å². The van der Waals surface area contributed by atoms with Gasteiger partial charge in [-0.15, -0.1) is 0 Å². The van der Waals surface area contributed by atoms with Crippen LogP contribution in [0.15, 0.2) is 54.6 Å². The van der Waals surface area contributed by atoms with E-state index < -0.39 is 17.6 Å². The molecule has 132 valence electrons. The number of hydrogen-bond donors (Lipinski definition) is 1. The van der Waals surface area contributed by atoms with E-state index in [2.05, 4.69) is 5.32 Å². The van der Waals surface area contributed by atoms with Crippen molar-refractivity contribution in [2.75, 3.05) is 0 Å². The Morgan fingerprint density at radius 1 is 1.00 bits per heavy atom. The Kier molecular flexibility index (Phi) is 3.57. The van der Waals surface area contributed by atoms with Crippen molar-refractivity contribution >= 4 is 23.0 Å². The predicted octanol–water partition coefficient (Wildman–Crippen LogP) is 2.99. The molecule has 0 radical (unpaired) electrons. The van der Waals surface area contributed by atoms with Crippen molar-refractivity contribution in [2.45, 2.75) is 25.4 Å². The number of carbonyl (C=O) groups excluding carboxylic acids is 2. The largest absolute Gasteiger partial charge is 0.329 e. The van der Waals surface area contributed by atoms with Crippen LogP contribution in [0.2, 0.25) is 0 Å². The third-order valence-corrected chi connectivity index (χ3v) is 4.83. The van der Waals surface area contributed by atoms with Crippen LogP contribution in [0.1, 0.15) is 31.3 Å². The van der Waals surface area contributed by atoms with Crippen LogP contribution in [-0.2, 0) is 11.8 Å². The lowest BCUT2D eigenvalue weighted by atomic mass is 10.0. The minimum absolute atomic E-state index is 0.261. The Bertz CT molecular complexity index is 1010. The number of para-hydroxylation sites is 2. The molecular formula is C20H20N4O2. The summed E-state index contributed by atoms with van der Waals surface area (Å²) in [4.78, 5) is 31.7. The number of imidazole rings is 1. The molecule has 2 heterocycles. The number of nitrogens with one attached hydrogen (secondary N) is 1. The van der Waals surface area contributed by atoms with Gasteiger partial charge in [0.25, 0.3) is 5.91 Å². The molecule has 6 heteroatoms. The number of carbonyl (C=O) groups is 2. The molecule has 0 bridgehead atoms. The average Bonchev–Trinajstić information content (AvgIpc) is 3.05. The van der Waals surface area contributed by atoms with Crippen molar-refractivity contribution in [3.63, 3.8) is 0 Å². The molecule has 3 aromatic rings. The number of rotatable bonds is 3. The molecular weight excluding hydrogens is 328 g/mol. The summed E-state index contributed by atoms with van der Waals surface area (Å²) in [5.74, 6) is 0.391. The highest BCUT2D eigenvalue weighted by atomic mass is 16.2. The minimum Gasteiger partial charge on any atom is -0.329 e. The van der Waals surface area contributed by atoms with Gasteiger partial charge in [-0.3, -0.25) is 4.79 Å². The third-order valence-electron chi connectivity index (χ3n) is 4.83. The number of nitrogens with zero attached hydrogens (tertiary/aromatic N) is 3. The number of amides is 3. The van der Waals surface area contributed by atoms with E-state index in [0.717, 1.165) is 16.6 Å². The molecule has 1 unspecified atom stereocenters. The molecule has 26 heavy (non-hydrogen) atoms. The van der Waals surface area contributed by atoms with Gasteiger partial charge in [-0.2, -0.15) is 0 Å². The minimum atomic E-state index is -0.936. The summed E-state index contributed by atoms with van der Waals surface area (Å²) in [6, 6.07) is 16.3. The summed E-state index contributed by atoms with van der Waals surface area (Å²) in [6.45, 7) is 3.43. The van der Waals surface area contributed by atoms with E-state index in [1.54, 1.807) is 13.8 Å². The number of fused-ring (bicyclic) bond motifs is 1. The van der Waals surface area contributed by atoms with Crippen LogP contribution < -0.4 is 5.32 Å². The van der Waals surface area contributed by atoms with Gasteiger partial charge in [0.15, 0.2) is 0 Å². The second kappa shape index (κ2) is 5.69. The lowest BCUT2D eigenvalue weighted by Crippen LogP contribution is -2.41. The van der Waals surface area contributed by atoms with E-state index in [1.807, 2.05) is 66.2 Å². The third kappa shape index (κ3) is 2.37. The van der Waals surface area contributed by atoms with Crippen molar-refractivity contribution in [3.8, 4) is 0 Å². The number of aromatic nitrogens is 2. The molecule has 1 atom stereocenters. The van der Waals surface area contributed by atoms with Crippen LogP contribution in [0, 0.1) is 0 Å². The van der Waals surface area contributed by atoms with Crippen molar-refractivity contribution in [3.05, 3.63) is 66.0 Å². The van der Waals surface area contributed by atoms with Gasteiger partial charge in [0, 0.05) is 7.05 Å². The lowest BCUT2D eigenvalue weighted by molar-refractivity contribution is -0.131. The second-order valence-corrected chi connectivity index (χ2v) is 7.06. The van der Waals surface area contributed by atoms with Gasteiger partial charge in [-0.1, -0.05) is 42.5 Å². The van der Waals surface area contributed by atoms with Crippen LogP contribution in [0.25, 0.3) is 11.0 Å². The summed E-state index contributed by atoms with van der Waals surface area (Å²) in [5, 5.41) is 2.77. The first-order valence-corrected chi connectivity index (χ1v) is 8.52. The van der Waals surface area contributed by atoms with E-state index in [0.29, 0.717) is 5.82 Å². The topological polar surface area (TPSA) is 67.2 Å². The molecule has 1 aliphatic heterocycles. The number of imide groups is 1. The summed E-state index contributed by atoms with van der Waals surface area (Å²) >= 11 is 0. The summed E-state index contributed by atoms with van der Waals surface area (Å²) < 4.78 is 1.94. The molecule has 0 spiro atoms. The molecule has 6 nitrogen and oxygen atoms in total. The molecule has 1 N–H and O–H groups in total. The molecule has 1 aromatic heterocycles. The highest BCUT2D eigenvalue weighted by molar-refractivity contribution is 6.07. The molecule has 1 aliphatic rings. The number of benzene rings is 2. The number of urea groups is 1. The number of aryl methyl sites for hydroxylation is 1.